The fourth-order valence-electron chi connectivity index (χ4n) is 2.50. The second-order valence-corrected chi connectivity index (χ2v) is 5.70. The first-order valence-electron chi connectivity index (χ1n) is 7.41. The van der Waals surface area contributed by atoms with Crippen molar-refractivity contribution in [1.29, 1.82) is 0 Å². The van der Waals surface area contributed by atoms with E-state index in [1.807, 2.05) is 0 Å². The Morgan fingerprint density at radius 3 is 2.37 bits per heavy atom. The molecule has 1 aliphatic rings. The number of aromatic nitrogens is 2. The Balaban J connectivity index is 1.91. The molecule has 1 aliphatic heterocycles. The molecule has 1 fully saturated rings. The van der Waals surface area contributed by atoms with Gasteiger partial charge < -0.3 is 9.42 Å². The van der Waals surface area contributed by atoms with Crippen molar-refractivity contribution in [2.45, 2.75) is 46.1 Å². The predicted molar refractivity (Wildman–Crippen MR) is 75.1 cm³/mol. The molecule has 2 heterocycles. The lowest BCUT2D eigenvalue weighted by atomic mass is 10.2. The van der Waals surface area contributed by atoms with Gasteiger partial charge in [-0.25, -0.2) is 0 Å². The summed E-state index contributed by atoms with van der Waals surface area (Å²) >= 11 is 0. The molecule has 0 aliphatic carbocycles. The normalized spacial score (nSPS) is 20.1. The molecule has 0 spiro atoms. The molecule has 19 heavy (non-hydrogen) atoms. The van der Waals surface area contributed by atoms with Gasteiger partial charge in [0.2, 0.25) is 5.89 Å². The van der Waals surface area contributed by atoms with Crippen molar-refractivity contribution in [2.75, 3.05) is 32.7 Å². The third-order valence-corrected chi connectivity index (χ3v) is 3.83. The largest absolute Gasteiger partial charge is 0.338 e. The highest BCUT2D eigenvalue weighted by Gasteiger charge is 2.25. The van der Waals surface area contributed by atoms with E-state index < -0.39 is 0 Å². The van der Waals surface area contributed by atoms with Gasteiger partial charge in [-0.2, -0.15) is 4.98 Å². The van der Waals surface area contributed by atoms with Crippen LogP contribution in [-0.4, -0.2) is 52.7 Å². The second-order valence-electron chi connectivity index (χ2n) is 5.70. The number of hydrogen-bond donors (Lipinski definition) is 0. The van der Waals surface area contributed by atoms with Crippen LogP contribution in [0.4, 0.5) is 0 Å². The summed E-state index contributed by atoms with van der Waals surface area (Å²) < 4.78 is 5.40. The molecular formula is C14H26N4O. The zero-order valence-electron chi connectivity index (χ0n) is 12.6. The van der Waals surface area contributed by atoms with Gasteiger partial charge in [0.15, 0.2) is 5.82 Å². The van der Waals surface area contributed by atoms with Crippen molar-refractivity contribution < 1.29 is 4.52 Å². The fraction of sp³-hybridized carbons (Fsp3) is 0.857. The van der Waals surface area contributed by atoms with Crippen LogP contribution in [0.3, 0.4) is 0 Å². The monoisotopic (exact) mass is 266 g/mol. The first kappa shape index (κ1) is 14.5. The van der Waals surface area contributed by atoms with Crippen molar-refractivity contribution in [2.24, 2.45) is 0 Å². The smallest absolute Gasteiger partial charge is 0.243 e. The minimum atomic E-state index is 0.226. The summed E-state index contributed by atoms with van der Waals surface area (Å²) in [5.41, 5.74) is 0. The molecule has 0 amide bonds. The SMILES string of the molecule is CCCN1CCN([C@H](C)c2nc(C(C)C)no2)CC1. The van der Waals surface area contributed by atoms with E-state index in [9.17, 15) is 0 Å². The van der Waals surface area contributed by atoms with E-state index in [-0.39, 0.29) is 6.04 Å². The van der Waals surface area contributed by atoms with Gasteiger partial charge in [0.05, 0.1) is 6.04 Å². The summed E-state index contributed by atoms with van der Waals surface area (Å²) in [6.07, 6.45) is 1.23. The molecule has 0 radical (unpaired) electrons. The van der Waals surface area contributed by atoms with E-state index in [0.717, 1.165) is 37.9 Å². The summed E-state index contributed by atoms with van der Waals surface area (Å²) in [6.45, 7) is 14.2. The molecule has 5 heteroatoms. The molecule has 1 atom stereocenters. The van der Waals surface area contributed by atoms with Crippen LogP contribution in [0.15, 0.2) is 4.52 Å². The number of piperazine rings is 1. The fourth-order valence-corrected chi connectivity index (χ4v) is 2.50. The molecule has 1 aromatic heterocycles. The molecular weight excluding hydrogens is 240 g/mol. The summed E-state index contributed by atoms with van der Waals surface area (Å²) in [6, 6.07) is 0.226. The maximum Gasteiger partial charge on any atom is 0.243 e. The van der Waals surface area contributed by atoms with Gasteiger partial charge in [0.1, 0.15) is 0 Å². The number of nitrogens with zero attached hydrogens (tertiary/aromatic N) is 4. The van der Waals surface area contributed by atoms with E-state index >= 15 is 0 Å². The Hall–Kier alpha value is -0.940. The highest BCUT2D eigenvalue weighted by atomic mass is 16.5. The van der Waals surface area contributed by atoms with Crippen LogP contribution in [0.25, 0.3) is 0 Å². The molecule has 1 saturated heterocycles. The van der Waals surface area contributed by atoms with Gasteiger partial charge in [-0.3, -0.25) is 4.90 Å². The second kappa shape index (κ2) is 6.48. The Kier molecular flexibility index (Phi) is 4.93. The zero-order valence-corrected chi connectivity index (χ0v) is 12.6. The molecule has 0 bridgehead atoms. The average molecular weight is 266 g/mol. The van der Waals surface area contributed by atoms with Gasteiger partial charge in [0.25, 0.3) is 0 Å². The van der Waals surface area contributed by atoms with Crippen molar-refractivity contribution in [1.82, 2.24) is 19.9 Å². The van der Waals surface area contributed by atoms with Gasteiger partial charge in [-0.05, 0) is 19.9 Å². The van der Waals surface area contributed by atoms with Crippen molar-refractivity contribution in [3.05, 3.63) is 11.7 Å². The molecule has 5 nitrogen and oxygen atoms in total. The van der Waals surface area contributed by atoms with Crippen molar-refractivity contribution in [3.63, 3.8) is 0 Å². The van der Waals surface area contributed by atoms with E-state index in [4.69, 9.17) is 4.52 Å². The first-order chi connectivity index (χ1) is 9.11. The Morgan fingerprint density at radius 2 is 1.84 bits per heavy atom. The molecule has 0 unspecified atom stereocenters. The van der Waals surface area contributed by atoms with Gasteiger partial charge in [-0.15, -0.1) is 0 Å². The van der Waals surface area contributed by atoms with Gasteiger partial charge in [0, 0.05) is 32.1 Å². The number of rotatable bonds is 5. The van der Waals surface area contributed by atoms with Crippen LogP contribution in [0.5, 0.6) is 0 Å². The van der Waals surface area contributed by atoms with E-state index in [1.165, 1.54) is 13.0 Å². The first-order valence-corrected chi connectivity index (χ1v) is 7.41. The Bertz CT molecular complexity index is 383. The minimum absolute atomic E-state index is 0.226. The summed E-state index contributed by atoms with van der Waals surface area (Å²) in [4.78, 5) is 9.47. The zero-order chi connectivity index (χ0) is 13.8. The molecule has 1 aromatic rings. The Morgan fingerprint density at radius 1 is 1.16 bits per heavy atom. The van der Waals surface area contributed by atoms with Gasteiger partial charge in [-0.1, -0.05) is 25.9 Å². The minimum Gasteiger partial charge on any atom is -0.338 e. The van der Waals surface area contributed by atoms with Crippen LogP contribution in [-0.2, 0) is 0 Å². The molecule has 2 rings (SSSR count). The van der Waals surface area contributed by atoms with Crippen LogP contribution in [0, 0.1) is 0 Å². The lowest BCUT2D eigenvalue weighted by Crippen LogP contribution is -2.47. The highest BCUT2D eigenvalue weighted by Crippen LogP contribution is 2.21. The van der Waals surface area contributed by atoms with E-state index in [1.54, 1.807) is 0 Å². The molecule has 0 N–H and O–H groups in total. The third-order valence-electron chi connectivity index (χ3n) is 3.83. The lowest BCUT2D eigenvalue weighted by molar-refractivity contribution is 0.0884. The van der Waals surface area contributed by atoms with Crippen LogP contribution in [0.1, 0.15) is 57.8 Å². The summed E-state index contributed by atoms with van der Waals surface area (Å²) in [7, 11) is 0. The highest BCUT2D eigenvalue weighted by molar-refractivity contribution is 4.96. The third kappa shape index (κ3) is 3.54. The maximum atomic E-state index is 5.40. The molecule has 0 saturated carbocycles. The molecule has 108 valence electrons. The topological polar surface area (TPSA) is 45.4 Å². The van der Waals surface area contributed by atoms with Crippen molar-refractivity contribution in [3.8, 4) is 0 Å². The van der Waals surface area contributed by atoms with Crippen molar-refractivity contribution >= 4 is 0 Å². The van der Waals surface area contributed by atoms with E-state index in [2.05, 4.69) is 47.6 Å². The maximum absolute atomic E-state index is 5.40. The number of hydrogen-bond acceptors (Lipinski definition) is 5. The van der Waals surface area contributed by atoms with E-state index in [0.29, 0.717) is 5.92 Å². The summed E-state index contributed by atoms with van der Waals surface area (Å²) in [5, 5.41) is 4.05. The van der Waals surface area contributed by atoms with Crippen LogP contribution >= 0.6 is 0 Å². The standard InChI is InChI=1S/C14H26N4O/c1-5-6-17-7-9-18(10-8-17)12(4)14-15-13(11(2)3)16-19-14/h11-12H,5-10H2,1-4H3/t12-/m1/s1. The van der Waals surface area contributed by atoms with Gasteiger partial charge >= 0.3 is 0 Å². The lowest BCUT2D eigenvalue weighted by Gasteiger charge is -2.36. The summed E-state index contributed by atoms with van der Waals surface area (Å²) in [5.74, 6) is 1.89. The van der Waals surface area contributed by atoms with Crippen LogP contribution < -0.4 is 0 Å². The van der Waals surface area contributed by atoms with Crippen LogP contribution in [0.2, 0.25) is 0 Å². The quantitative estimate of drug-likeness (QED) is 0.818. The average Bonchev–Trinajstić information content (AvgIpc) is 2.89. The Labute approximate surface area is 116 Å². The molecule has 0 aromatic carbocycles. The predicted octanol–water partition coefficient (Wildman–Crippen LogP) is 2.28.